The van der Waals surface area contributed by atoms with Gasteiger partial charge in [0.15, 0.2) is 0 Å². The molecule has 3 unspecified atom stereocenters. The first-order chi connectivity index (χ1) is 23.3. The summed E-state index contributed by atoms with van der Waals surface area (Å²) in [5, 5.41) is 3.87. The van der Waals surface area contributed by atoms with Gasteiger partial charge < -0.3 is 15.1 Å². The minimum absolute atomic E-state index is 0.126. The second-order valence-corrected chi connectivity index (χ2v) is 15.9. The van der Waals surface area contributed by atoms with Crippen molar-refractivity contribution in [3.8, 4) is 0 Å². The summed E-state index contributed by atoms with van der Waals surface area (Å²) in [7, 11) is 0. The highest BCUT2D eigenvalue weighted by molar-refractivity contribution is 5.64. The molecular formula is C45H63N3. The van der Waals surface area contributed by atoms with Gasteiger partial charge in [0.1, 0.15) is 0 Å². The van der Waals surface area contributed by atoms with Crippen LogP contribution in [0.4, 0.5) is 5.69 Å². The van der Waals surface area contributed by atoms with Gasteiger partial charge in [-0.2, -0.15) is 0 Å². The summed E-state index contributed by atoms with van der Waals surface area (Å²) in [6.07, 6.45) is 33.8. The van der Waals surface area contributed by atoms with Crippen molar-refractivity contribution in [3.05, 3.63) is 112 Å². The molecule has 2 heterocycles. The van der Waals surface area contributed by atoms with Gasteiger partial charge in [-0.1, -0.05) is 89.1 Å². The Labute approximate surface area is 293 Å². The fourth-order valence-electron chi connectivity index (χ4n) is 9.23. The summed E-state index contributed by atoms with van der Waals surface area (Å²) in [5.41, 5.74) is 14.0. The quantitative estimate of drug-likeness (QED) is 0.217. The number of rotatable bonds is 14. The minimum atomic E-state index is 0.126. The molecule has 0 radical (unpaired) electrons. The maximum atomic E-state index is 3.87. The Kier molecular flexibility index (Phi) is 11.2. The molecule has 1 aromatic rings. The van der Waals surface area contributed by atoms with E-state index in [2.05, 4.69) is 123 Å². The first-order valence-electron chi connectivity index (χ1n) is 19.6. The second-order valence-electron chi connectivity index (χ2n) is 15.9. The fraction of sp³-hybridized carbons (Fsp3) is 0.556. The van der Waals surface area contributed by atoms with E-state index in [1.54, 1.807) is 28.1 Å². The van der Waals surface area contributed by atoms with Gasteiger partial charge in [-0.3, -0.25) is 0 Å². The second kappa shape index (κ2) is 15.6. The molecule has 3 atom stereocenters. The normalized spacial score (nSPS) is 23.3. The number of allylic oxidation sites excluding steroid dienone is 11. The van der Waals surface area contributed by atoms with E-state index in [0.717, 1.165) is 45.1 Å². The standard InChI is InChI=1S/C45H63N3/c1-7-16-33(3)46-41-22-12-11-21-40(41)45(5,6)30-15-20-36-25-26-37(44(36)47-31-29-35-18-9-13-23-42(35)47)27-28-39-32-38-19-10-14-24-43(38)48(39)34(4)17-8-2/h9,12-15,18,20,22-24,28,33-34,37,46H,7-8,10-11,16-17,19,21,25-27,29-32H2,1-6H3/b20-15+,39-28+. The lowest BCUT2D eigenvalue weighted by Crippen LogP contribution is -2.29. The van der Waals surface area contributed by atoms with E-state index in [1.807, 2.05) is 0 Å². The number of hydrogen-bond acceptors (Lipinski definition) is 3. The number of nitrogens with one attached hydrogen (secondary N) is 1. The van der Waals surface area contributed by atoms with Crippen LogP contribution in [0.15, 0.2) is 106 Å². The Bertz CT molecular complexity index is 1520. The van der Waals surface area contributed by atoms with Gasteiger partial charge in [0.25, 0.3) is 0 Å². The number of nitrogens with zero attached hydrogens (tertiary/aromatic N) is 2. The van der Waals surface area contributed by atoms with Gasteiger partial charge in [-0.25, -0.2) is 0 Å². The Morgan fingerprint density at radius 1 is 0.958 bits per heavy atom. The molecule has 0 fully saturated rings. The topological polar surface area (TPSA) is 18.5 Å². The SMILES string of the molecule is CCCC(C)NC1=C(C(C)(C)C/C=C/C2=C(N3CCc4ccccc43)C(C/C=C3\CC4=C(C=CCC4)N3C(C)CCC)CC2)CCC=C1. The van der Waals surface area contributed by atoms with Crippen LogP contribution in [-0.4, -0.2) is 23.5 Å². The zero-order valence-corrected chi connectivity index (χ0v) is 31.1. The number of para-hydroxylation sites is 1. The highest BCUT2D eigenvalue weighted by atomic mass is 15.2. The van der Waals surface area contributed by atoms with Crippen molar-refractivity contribution in [1.82, 2.24) is 10.2 Å². The molecule has 3 nitrogen and oxygen atoms in total. The number of benzene rings is 1. The number of fused-ring (bicyclic) bond motifs is 1. The van der Waals surface area contributed by atoms with Crippen LogP contribution in [0, 0.1) is 11.3 Å². The summed E-state index contributed by atoms with van der Waals surface area (Å²) >= 11 is 0. The van der Waals surface area contributed by atoms with Crippen LogP contribution in [0.1, 0.15) is 131 Å². The Hall–Kier alpha value is -3.20. The smallest absolute Gasteiger partial charge is 0.0441 e. The zero-order valence-electron chi connectivity index (χ0n) is 31.1. The van der Waals surface area contributed by atoms with Crippen molar-refractivity contribution in [3.63, 3.8) is 0 Å². The van der Waals surface area contributed by atoms with Crippen molar-refractivity contribution in [2.24, 2.45) is 11.3 Å². The molecule has 0 aromatic heterocycles. The molecule has 6 rings (SSSR count). The molecule has 0 saturated heterocycles. The van der Waals surface area contributed by atoms with Gasteiger partial charge in [-0.15, -0.1) is 0 Å². The van der Waals surface area contributed by atoms with Crippen LogP contribution >= 0.6 is 0 Å². The third-order valence-corrected chi connectivity index (χ3v) is 11.7. The lowest BCUT2D eigenvalue weighted by Gasteiger charge is -2.32. The molecular weight excluding hydrogens is 583 g/mol. The van der Waals surface area contributed by atoms with E-state index in [1.165, 1.54) is 74.0 Å². The van der Waals surface area contributed by atoms with Crippen LogP contribution < -0.4 is 10.2 Å². The van der Waals surface area contributed by atoms with Crippen LogP contribution in [0.25, 0.3) is 0 Å². The molecule has 1 aromatic carbocycles. The van der Waals surface area contributed by atoms with E-state index < -0.39 is 0 Å². The molecule has 5 aliphatic rings. The van der Waals surface area contributed by atoms with Crippen LogP contribution in [0.5, 0.6) is 0 Å². The van der Waals surface area contributed by atoms with E-state index in [4.69, 9.17) is 0 Å². The van der Waals surface area contributed by atoms with Crippen molar-refractivity contribution in [2.75, 3.05) is 11.4 Å². The summed E-state index contributed by atoms with van der Waals surface area (Å²) in [5.74, 6) is 0.565. The Morgan fingerprint density at radius 3 is 2.58 bits per heavy atom. The minimum Gasteiger partial charge on any atom is -0.383 e. The summed E-state index contributed by atoms with van der Waals surface area (Å²) in [6, 6.07) is 10.2. The van der Waals surface area contributed by atoms with Gasteiger partial charge in [0.05, 0.1) is 0 Å². The van der Waals surface area contributed by atoms with Crippen molar-refractivity contribution < 1.29 is 0 Å². The molecule has 258 valence electrons. The van der Waals surface area contributed by atoms with Gasteiger partial charge in [-0.05, 0) is 130 Å². The molecule has 1 N–H and O–H groups in total. The predicted octanol–water partition coefficient (Wildman–Crippen LogP) is 11.8. The summed E-state index contributed by atoms with van der Waals surface area (Å²) < 4.78 is 0. The van der Waals surface area contributed by atoms with E-state index in [0.29, 0.717) is 18.0 Å². The largest absolute Gasteiger partial charge is 0.383 e. The van der Waals surface area contributed by atoms with Gasteiger partial charge in [0, 0.05) is 59.4 Å². The Balaban J connectivity index is 1.26. The average Bonchev–Trinajstić information content (AvgIpc) is 3.78. The van der Waals surface area contributed by atoms with Gasteiger partial charge in [0.2, 0.25) is 0 Å². The Morgan fingerprint density at radius 2 is 1.75 bits per heavy atom. The van der Waals surface area contributed by atoms with E-state index in [-0.39, 0.29) is 5.41 Å². The number of anilines is 1. The first-order valence-corrected chi connectivity index (χ1v) is 19.6. The lowest BCUT2D eigenvalue weighted by atomic mass is 9.76. The van der Waals surface area contributed by atoms with Gasteiger partial charge >= 0.3 is 0 Å². The first kappa shape index (κ1) is 34.7. The zero-order chi connectivity index (χ0) is 33.7. The predicted molar refractivity (Wildman–Crippen MR) is 207 cm³/mol. The monoisotopic (exact) mass is 646 g/mol. The van der Waals surface area contributed by atoms with Crippen LogP contribution in [0.2, 0.25) is 0 Å². The molecule has 3 heteroatoms. The maximum Gasteiger partial charge on any atom is 0.0441 e. The molecule has 0 saturated carbocycles. The summed E-state index contributed by atoms with van der Waals surface area (Å²) in [4.78, 5) is 5.42. The van der Waals surface area contributed by atoms with Crippen molar-refractivity contribution in [2.45, 2.75) is 144 Å². The average molecular weight is 646 g/mol. The van der Waals surface area contributed by atoms with E-state index in [9.17, 15) is 0 Å². The molecule has 0 spiro atoms. The summed E-state index contributed by atoms with van der Waals surface area (Å²) in [6.45, 7) is 15.4. The van der Waals surface area contributed by atoms with Crippen molar-refractivity contribution >= 4 is 5.69 Å². The van der Waals surface area contributed by atoms with Crippen LogP contribution in [-0.2, 0) is 6.42 Å². The maximum absolute atomic E-state index is 3.87. The van der Waals surface area contributed by atoms with Crippen molar-refractivity contribution in [1.29, 1.82) is 0 Å². The highest BCUT2D eigenvalue weighted by Gasteiger charge is 2.34. The fourth-order valence-corrected chi connectivity index (χ4v) is 9.23. The third kappa shape index (κ3) is 7.51. The third-order valence-electron chi connectivity index (χ3n) is 11.7. The molecule has 0 amide bonds. The van der Waals surface area contributed by atoms with E-state index >= 15 is 0 Å². The molecule has 3 aliphatic carbocycles. The lowest BCUT2D eigenvalue weighted by molar-refractivity contribution is 0.329. The number of hydrogen-bond donors (Lipinski definition) is 1. The molecule has 48 heavy (non-hydrogen) atoms. The highest BCUT2D eigenvalue weighted by Crippen LogP contribution is 2.45. The van der Waals surface area contributed by atoms with Crippen LogP contribution in [0.3, 0.4) is 0 Å². The molecule has 0 bridgehead atoms. The molecule has 2 aliphatic heterocycles.